The molecule has 0 aliphatic heterocycles. The molecule has 1 aromatic rings. The van der Waals surface area contributed by atoms with Crippen LogP contribution in [-0.4, -0.2) is 4.92 Å². The summed E-state index contributed by atoms with van der Waals surface area (Å²) in [6, 6.07) is 2.78. The molecule has 0 radical (unpaired) electrons. The van der Waals surface area contributed by atoms with Gasteiger partial charge in [-0.1, -0.05) is 12.8 Å². The molecule has 2 N–H and O–H groups in total. The van der Waals surface area contributed by atoms with Gasteiger partial charge in [-0.15, -0.1) is 12.4 Å². The minimum absolute atomic E-state index is 0. The van der Waals surface area contributed by atoms with Gasteiger partial charge in [0, 0.05) is 0 Å². The lowest BCUT2D eigenvalue weighted by Gasteiger charge is -2.15. The first-order valence-electron chi connectivity index (χ1n) is 5.18. The molecule has 2 rings (SSSR count). The number of hydrogen-bond acceptors (Lipinski definition) is 4. The van der Waals surface area contributed by atoms with Gasteiger partial charge in [-0.25, -0.2) is 0 Å². The van der Waals surface area contributed by atoms with Crippen LogP contribution in [0.2, 0.25) is 0 Å². The van der Waals surface area contributed by atoms with Crippen LogP contribution in [0.1, 0.15) is 37.5 Å². The van der Waals surface area contributed by atoms with E-state index < -0.39 is 4.92 Å². The molecule has 16 heavy (non-hydrogen) atoms. The van der Waals surface area contributed by atoms with Gasteiger partial charge < -0.3 is 10.2 Å². The predicted octanol–water partition coefficient (Wildman–Crippen LogP) is 2.80. The molecule has 5 nitrogen and oxygen atoms in total. The van der Waals surface area contributed by atoms with Crippen LogP contribution >= 0.6 is 12.4 Å². The fourth-order valence-electron chi connectivity index (χ4n) is 2.17. The Morgan fingerprint density at radius 2 is 2.06 bits per heavy atom. The lowest BCUT2D eigenvalue weighted by Crippen LogP contribution is -2.18. The van der Waals surface area contributed by atoms with Crippen molar-refractivity contribution in [1.82, 2.24) is 0 Å². The highest BCUT2D eigenvalue weighted by Crippen LogP contribution is 2.35. The van der Waals surface area contributed by atoms with Gasteiger partial charge >= 0.3 is 5.88 Å². The van der Waals surface area contributed by atoms with Crippen molar-refractivity contribution in [2.45, 2.75) is 31.7 Å². The third kappa shape index (κ3) is 2.54. The van der Waals surface area contributed by atoms with Crippen LogP contribution in [0.4, 0.5) is 5.88 Å². The van der Waals surface area contributed by atoms with E-state index in [9.17, 15) is 10.1 Å². The first-order chi connectivity index (χ1) is 7.18. The zero-order valence-corrected chi connectivity index (χ0v) is 9.61. The van der Waals surface area contributed by atoms with E-state index in [0.29, 0.717) is 11.7 Å². The Kier molecular flexibility index (Phi) is 4.32. The molecule has 1 heterocycles. The number of nitrogens with two attached hydrogens (primary N) is 1. The summed E-state index contributed by atoms with van der Waals surface area (Å²) in [5, 5.41) is 10.4. The van der Waals surface area contributed by atoms with Crippen molar-refractivity contribution in [3.8, 4) is 0 Å². The Morgan fingerprint density at radius 1 is 1.44 bits per heavy atom. The molecule has 1 saturated carbocycles. The second-order valence-electron chi connectivity index (χ2n) is 4.00. The molecular formula is C10H15ClN2O3. The van der Waals surface area contributed by atoms with Crippen LogP contribution in [0.5, 0.6) is 0 Å². The van der Waals surface area contributed by atoms with Gasteiger partial charge in [-0.3, -0.25) is 10.1 Å². The quantitative estimate of drug-likeness (QED) is 0.657. The maximum atomic E-state index is 10.4. The van der Waals surface area contributed by atoms with E-state index in [0.717, 1.165) is 12.8 Å². The standard InChI is InChI=1S/C10H14N2O3.ClH/c11-10(7-3-1-2-4-7)8-5-6-9(15-8)12(13)14;/h5-7,10H,1-4,11H2;1H/t10-;/m1./s1. The maximum Gasteiger partial charge on any atom is 0.433 e. The highest BCUT2D eigenvalue weighted by Gasteiger charge is 2.26. The number of halogens is 1. The van der Waals surface area contributed by atoms with Crippen molar-refractivity contribution < 1.29 is 9.34 Å². The number of furan rings is 1. The Morgan fingerprint density at radius 3 is 2.56 bits per heavy atom. The van der Waals surface area contributed by atoms with Crippen LogP contribution in [0.15, 0.2) is 16.5 Å². The zero-order chi connectivity index (χ0) is 10.8. The first kappa shape index (κ1) is 13.0. The average molecular weight is 247 g/mol. The second kappa shape index (κ2) is 5.32. The molecule has 1 aliphatic rings. The Labute approximate surface area is 99.6 Å². The number of hydrogen-bond donors (Lipinski definition) is 1. The molecule has 1 aliphatic carbocycles. The van der Waals surface area contributed by atoms with Crippen LogP contribution in [0.3, 0.4) is 0 Å². The third-order valence-electron chi connectivity index (χ3n) is 3.03. The van der Waals surface area contributed by atoms with E-state index in [-0.39, 0.29) is 24.3 Å². The lowest BCUT2D eigenvalue weighted by atomic mass is 9.97. The molecule has 0 bridgehead atoms. The third-order valence-corrected chi connectivity index (χ3v) is 3.03. The molecule has 90 valence electrons. The van der Waals surface area contributed by atoms with Gasteiger partial charge in [0.25, 0.3) is 0 Å². The van der Waals surface area contributed by atoms with Crippen molar-refractivity contribution in [2.24, 2.45) is 11.7 Å². The summed E-state index contributed by atoms with van der Waals surface area (Å²) in [5.41, 5.74) is 6.00. The van der Waals surface area contributed by atoms with Gasteiger partial charge in [-0.05, 0) is 24.8 Å². The number of nitro groups is 1. The lowest BCUT2D eigenvalue weighted by molar-refractivity contribution is -0.402. The minimum Gasteiger partial charge on any atom is -0.404 e. The molecule has 0 saturated heterocycles. The average Bonchev–Trinajstić information content (AvgIpc) is 2.88. The Bertz CT molecular complexity index is 361. The molecule has 0 aromatic carbocycles. The van der Waals surface area contributed by atoms with Gasteiger partial charge in [0.05, 0.1) is 12.1 Å². The van der Waals surface area contributed by atoms with Crippen LogP contribution in [-0.2, 0) is 0 Å². The summed E-state index contributed by atoms with van der Waals surface area (Å²) in [6.07, 6.45) is 4.58. The van der Waals surface area contributed by atoms with Crippen LogP contribution < -0.4 is 5.73 Å². The zero-order valence-electron chi connectivity index (χ0n) is 8.80. The van der Waals surface area contributed by atoms with Gasteiger partial charge in [-0.2, -0.15) is 0 Å². The van der Waals surface area contributed by atoms with Crippen molar-refractivity contribution >= 4 is 18.3 Å². The van der Waals surface area contributed by atoms with Crippen LogP contribution in [0.25, 0.3) is 0 Å². The number of nitrogens with zero attached hydrogens (tertiary/aromatic N) is 1. The smallest absolute Gasteiger partial charge is 0.404 e. The largest absolute Gasteiger partial charge is 0.433 e. The van der Waals surface area contributed by atoms with Crippen molar-refractivity contribution in [3.05, 3.63) is 28.0 Å². The van der Waals surface area contributed by atoms with E-state index in [1.54, 1.807) is 6.07 Å². The molecule has 1 fully saturated rings. The van der Waals surface area contributed by atoms with Gasteiger partial charge in [0.1, 0.15) is 10.7 Å². The van der Waals surface area contributed by atoms with Gasteiger partial charge in [0.15, 0.2) is 0 Å². The van der Waals surface area contributed by atoms with E-state index in [2.05, 4.69) is 0 Å². The molecule has 0 spiro atoms. The summed E-state index contributed by atoms with van der Waals surface area (Å²) < 4.78 is 5.10. The summed E-state index contributed by atoms with van der Waals surface area (Å²) in [7, 11) is 0. The first-order valence-corrected chi connectivity index (χ1v) is 5.18. The molecule has 1 aromatic heterocycles. The fourth-order valence-corrected chi connectivity index (χ4v) is 2.17. The highest BCUT2D eigenvalue weighted by atomic mass is 35.5. The highest BCUT2D eigenvalue weighted by molar-refractivity contribution is 5.85. The predicted molar refractivity (Wildman–Crippen MR) is 61.5 cm³/mol. The Hall–Kier alpha value is -1.07. The monoisotopic (exact) mass is 246 g/mol. The summed E-state index contributed by atoms with van der Waals surface area (Å²) in [6.45, 7) is 0. The fraction of sp³-hybridized carbons (Fsp3) is 0.600. The van der Waals surface area contributed by atoms with Crippen LogP contribution in [0, 0.1) is 16.0 Å². The molecule has 0 amide bonds. The molecule has 0 unspecified atom stereocenters. The molecule has 6 heteroatoms. The SMILES string of the molecule is Cl.N[C@@H](c1ccc([N+](=O)[O-])o1)C1CCCC1. The Balaban J connectivity index is 0.00000128. The summed E-state index contributed by atoms with van der Waals surface area (Å²) >= 11 is 0. The van der Waals surface area contributed by atoms with E-state index >= 15 is 0 Å². The van der Waals surface area contributed by atoms with E-state index in [4.69, 9.17) is 10.2 Å². The maximum absolute atomic E-state index is 10.4. The molecule has 1 atom stereocenters. The summed E-state index contributed by atoms with van der Waals surface area (Å²) in [5.74, 6) is 0.725. The number of rotatable bonds is 3. The van der Waals surface area contributed by atoms with Crippen molar-refractivity contribution in [1.29, 1.82) is 0 Å². The molecular weight excluding hydrogens is 232 g/mol. The topological polar surface area (TPSA) is 82.3 Å². The van der Waals surface area contributed by atoms with Gasteiger partial charge in [0.2, 0.25) is 0 Å². The van der Waals surface area contributed by atoms with E-state index in [1.807, 2.05) is 0 Å². The van der Waals surface area contributed by atoms with E-state index in [1.165, 1.54) is 18.9 Å². The summed E-state index contributed by atoms with van der Waals surface area (Å²) in [4.78, 5) is 9.89. The minimum atomic E-state index is -0.537. The van der Waals surface area contributed by atoms with Crippen molar-refractivity contribution in [3.63, 3.8) is 0 Å². The normalized spacial score (nSPS) is 18.1. The second-order valence-corrected chi connectivity index (χ2v) is 4.00. The van der Waals surface area contributed by atoms with Crippen molar-refractivity contribution in [2.75, 3.05) is 0 Å².